The van der Waals surface area contributed by atoms with Crippen molar-refractivity contribution >= 4 is 17.4 Å². The number of aromatic nitrogens is 2. The third-order valence-corrected chi connectivity index (χ3v) is 5.96. The fraction of sp³-hybridized carbons (Fsp3) is 0.222. The number of benzene rings is 3. The van der Waals surface area contributed by atoms with E-state index in [4.69, 9.17) is 14.2 Å². The summed E-state index contributed by atoms with van der Waals surface area (Å²) in [6.45, 7) is 0.540. The van der Waals surface area contributed by atoms with E-state index in [2.05, 4.69) is 14.7 Å². The zero-order valence-electron chi connectivity index (χ0n) is 19.7. The van der Waals surface area contributed by atoms with Gasteiger partial charge in [-0.2, -0.15) is 9.36 Å². The average Bonchev–Trinajstić information content (AvgIpc) is 3.32. The van der Waals surface area contributed by atoms with Gasteiger partial charge in [0.1, 0.15) is 5.75 Å². The molecule has 0 radical (unpaired) electrons. The number of hydrogen-bond donors (Lipinski definition) is 1. The first-order valence-corrected chi connectivity index (χ1v) is 12.0. The van der Waals surface area contributed by atoms with Crippen LogP contribution in [0.15, 0.2) is 72.8 Å². The monoisotopic (exact) mass is 489 g/mol. The molecule has 0 saturated carbocycles. The Morgan fingerprint density at radius 2 is 1.63 bits per heavy atom. The van der Waals surface area contributed by atoms with Crippen LogP contribution in [0.25, 0.3) is 0 Å². The molecule has 0 aliphatic carbocycles. The molecular formula is C27H27N3O4S. The maximum absolute atomic E-state index is 12.4. The summed E-state index contributed by atoms with van der Waals surface area (Å²) in [5.41, 5.74) is 3.12. The van der Waals surface area contributed by atoms with Crippen molar-refractivity contribution in [1.82, 2.24) is 14.7 Å². The topological polar surface area (TPSA) is 82.6 Å². The van der Waals surface area contributed by atoms with Crippen molar-refractivity contribution in [3.8, 4) is 22.4 Å². The van der Waals surface area contributed by atoms with Gasteiger partial charge in [-0.15, -0.1) is 0 Å². The Balaban J connectivity index is 1.23. The molecule has 7 nitrogen and oxygen atoms in total. The molecule has 0 saturated heterocycles. The second-order valence-electron chi connectivity index (χ2n) is 7.85. The summed E-state index contributed by atoms with van der Waals surface area (Å²) in [5, 5.41) is 3.46. The number of amides is 1. The van der Waals surface area contributed by atoms with Gasteiger partial charge in [-0.1, -0.05) is 48.5 Å². The number of carbonyl (C=O) groups is 1. The quantitative estimate of drug-likeness (QED) is 0.325. The summed E-state index contributed by atoms with van der Waals surface area (Å²) in [6, 6.07) is 23.3. The minimum Gasteiger partial charge on any atom is -0.493 e. The molecule has 180 valence electrons. The molecule has 1 N–H and O–H groups in total. The van der Waals surface area contributed by atoms with Crippen LogP contribution in [-0.2, 0) is 24.1 Å². The molecule has 1 amide bonds. The number of nitrogens with zero attached hydrogens (tertiary/aromatic N) is 2. The summed E-state index contributed by atoms with van der Waals surface area (Å²) in [5.74, 6) is 2.72. The van der Waals surface area contributed by atoms with Gasteiger partial charge < -0.3 is 19.5 Å². The van der Waals surface area contributed by atoms with Gasteiger partial charge in [0.2, 0.25) is 5.91 Å². The highest BCUT2D eigenvalue weighted by molar-refractivity contribution is 7.07. The third kappa shape index (κ3) is 7.04. The van der Waals surface area contributed by atoms with Crippen LogP contribution in [-0.4, -0.2) is 36.0 Å². The number of methoxy groups -OCH3 is 2. The Labute approximate surface area is 208 Å². The first-order chi connectivity index (χ1) is 17.1. The van der Waals surface area contributed by atoms with E-state index in [0.717, 1.165) is 22.5 Å². The molecule has 0 aliphatic heterocycles. The lowest BCUT2D eigenvalue weighted by Gasteiger charge is -2.10. The number of carbonyl (C=O) groups excluding carboxylic acids is 1. The highest BCUT2D eigenvalue weighted by Gasteiger charge is 2.09. The molecule has 0 atom stereocenters. The molecule has 0 unspecified atom stereocenters. The van der Waals surface area contributed by atoms with Crippen LogP contribution >= 0.6 is 11.5 Å². The molecule has 3 aromatic carbocycles. The van der Waals surface area contributed by atoms with Crippen molar-refractivity contribution in [3.05, 3.63) is 95.3 Å². The molecular weight excluding hydrogens is 462 g/mol. The van der Waals surface area contributed by atoms with Crippen molar-refractivity contribution < 1.29 is 19.0 Å². The summed E-state index contributed by atoms with van der Waals surface area (Å²) in [6.07, 6.45) is 1.67. The zero-order valence-corrected chi connectivity index (χ0v) is 20.5. The molecule has 4 aromatic rings. The Morgan fingerprint density at radius 3 is 2.37 bits per heavy atom. The second kappa shape index (κ2) is 12.0. The van der Waals surface area contributed by atoms with Crippen LogP contribution in [0.2, 0.25) is 0 Å². The van der Waals surface area contributed by atoms with Crippen molar-refractivity contribution in [2.75, 3.05) is 20.8 Å². The molecule has 0 bridgehead atoms. The summed E-state index contributed by atoms with van der Waals surface area (Å²) < 4.78 is 20.8. The highest BCUT2D eigenvalue weighted by atomic mass is 32.1. The number of rotatable bonds is 11. The Hall–Kier alpha value is -3.91. The number of nitrogens with one attached hydrogen (secondary N) is 1. The van der Waals surface area contributed by atoms with Gasteiger partial charge in [0, 0.05) is 24.5 Å². The SMILES string of the molecule is COc1ccc(CCNC(=O)Cc2ccc(Oc3nc(Cc4ccccc4)ns3)cc2)cc1OC. The molecule has 0 fully saturated rings. The van der Waals surface area contributed by atoms with Crippen molar-refractivity contribution in [2.24, 2.45) is 0 Å². The van der Waals surface area contributed by atoms with Crippen LogP contribution in [0, 0.1) is 0 Å². The number of hydrogen-bond acceptors (Lipinski definition) is 7. The zero-order chi connectivity index (χ0) is 24.5. The van der Waals surface area contributed by atoms with Crippen LogP contribution in [0.5, 0.6) is 22.4 Å². The van der Waals surface area contributed by atoms with Crippen LogP contribution in [0.1, 0.15) is 22.5 Å². The standard InChI is InChI=1S/C27H27N3O4S/c1-32-23-13-10-21(16-24(23)33-2)14-15-28-26(31)18-20-8-11-22(12-9-20)34-27-29-25(30-35-27)17-19-6-4-3-5-7-19/h3-13,16H,14-15,17-18H2,1-2H3,(H,28,31). The van der Waals surface area contributed by atoms with Crippen LogP contribution in [0.4, 0.5) is 0 Å². The van der Waals surface area contributed by atoms with E-state index in [1.54, 1.807) is 14.2 Å². The molecule has 0 aliphatic rings. The predicted molar refractivity (Wildman–Crippen MR) is 136 cm³/mol. The van der Waals surface area contributed by atoms with E-state index in [1.165, 1.54) is 11.5 Å². The fourth-order valence-electron chi connectivity index (χ4n) is 3.54. The second-order valence-corrected chi connectivity index (χ2v) is 8.57. The Morgan fingerprint density at radius 1 is 0.886 bits per heavy atom. The molecule has 4 rings (SSSR count). The maximum Gasteiger partial charge on any atom is 0.298 e. The lowest BCUT2D eigenvalue weighted by molar-refractivity contribution is -0.120. The molecule has 8 heteroatoms. The van der Waals surface area contributed by atoms with Crippen LogP contribution < -0.4 is 19.5 Å². The molecule has 0 spiro atoms. The summed E-state index contributed by atoms with van der Waals surface area (Å²) in [4.78, 5) is 16.8. The maximum atomic E-state index is 12.4. The Bertz CT molecular complexity index is 1240. The van der Waals surface area contributed by atoms with Crippen molar-refractivity contribution in [1.29, 1.82) is 0 Å². The van der Waals surface area contributed by atoms with Gasteiger partial charge in [0.15, 0.2) is 17.3 Å². The predicted octanol–water partition coefficient (Wildman–Crippen LogP) is 4.84. The van der Waals surface area contributed by atoms with E-state index < -0.39 is 0 Å². The van der Waals surface area contributed by atoms with E-state index in [-0.39, 0.29) is 5.91 Å². The molecule has 1 aromatic heterocycles. The van der Waals surface area contributed by atoms with Gasteiger partial charge >= 0.3 is 0 Å². The van der Waals surface area contributed by atoms with Gasteiger partial charge in [-0.3, -0.25) is 4.79 Å². The minimum atomic E-state index is -0.0335. The minimum absolute atomic E-state index is 0.0335. The van der Waals surface area contributed by atoms with Crippen molar-refractivity contribution in [3.63, 3.8) is 0 Å². The van der Waals surface area contributed by atoms with Gasteiger partial charge in [-0.05, 0) is 47.4 Å². The lowest BCUT2D eigenvalue weighted by atomic mass is 10.1. The van der Waals surface area contributed by atoms with E-state index in [0.29, 0.717) is 48.2 Å². The van der Waals surface area contributed by atoms with Crippen LogP contribution in [0.3, 0.4) is 0 Å². The normalized spacial score (nSPS) is 10.6. The van der Waals surface area contributed by atoms with E-state index in [9.17, 15) is 4.79 Å². The Kier molecular flexibility index (Phi) is 8.30. The largest absolute Gasteiger partial charge is 0.493 e. The smallest absolute Gasteiger partial charge is 0.298 e. The summed E-state index contributed by atoms with van der Waals surface area (Å²) in [7, 11) is 3.21. The lowest BCUT2D eigenvalue weighted by Crippen LogP contribution is -2.27. The molecule has 1 heterocycles. The highest BCUT2D eigenvalue weighted by Crippen LogP contribution is 2.27. The van der Waals surface area contributed by atoms with Crippen molar-refractivity contribution in [2.45, 2.75) is 19.3 Å². The van der Waals surface area contributed by atoms with Gasteiger partial charge in [0.05, 0.1) is 20.6 Å². The van der Waals surface area contributed by atoms with Gasteiger partial charge in [-0.25, -0.2) is 0 Å². The van der Waals surface area contributed by atoms with Gasteiger partial charge in [0.25, 0.3) is 5.19 Å². The van der Waals surface area contributed by atoms with E-state index in [1.807, 2.05) is 72.8 Å². The molecule has 35 heavy (non-hydrogen) atoms. The fourth-order valence-corrected chi connectivity index (χ4v) is 4.10. The van der Waals surface area contributed by atoms with E-state index >= 15 is 0 Å². The first-order valence-electron chi connectivity index (χ1n) is 11.2. The first kappa shape index (κ1) is 24.2. The summed E-state index contributed by atoms with van der Waals surface area (Å²) >= 11 is 1.23. The average molecular weight is 490 g/mol. The number of ether oxygens (including phenoxy) is 3. The third-order valence-electron chi connectivity index (χ3n) is 5.33.